The number of hydrogen-bond donors (Lipinski definition) is 3. The van der Waals surface area contributed by atoms with E-state index in [4.69, 9.17) is 37.0 Å². The Morgan fingerprint density at radius 3 is 0.772 bits per heavy atom. The van der Waals surface area contributed by atoms with Crippen LogP contribution in [0.25, 0.3) is 0 Å². The van der Waals surface area contributed by atoms with Crippen LogP contribution in [0.15, 0.2) is 0 Å². The third-order valence-corrected chi connectivity index (χ3v) is 19.6. The number of phosphoric ester groups is 2. The van der Waals surface area contributed by atoms with Crippen molar-refractivity contribution in [3.8, 4) is 0 Å². The number of ether oxygens (including phenoxy) is 4. The first-order valence-electron chi connectivity index (χ1n) is 38.1. The molecule has 17 nitrogen and oxygen atoms in total. The molecule has 0 amide bonds. The van der Waals surface area contributed by atoms with E-state index in [9.17, 15) is 43.2 Å². The van der Waals surface area contributed by atoms with Gasteiger partial charge in [0.25, 0.3) is 0 Å². The molecule has 0 fully saturated rings. The normalized spacial score (nSPS) is 14.7. The molecule has 7 atom stereocenters. The molecule has 0 aliphatic heterocycles. The van der Waals surface area contributed by atoms with Crippen molar-refractivity contribution in [2.75, 3.05) is 39.6 Å². The summed E-state index contributed by atoms with van der Waals surface area (Å²) in [6.07, 6.45) is 51.1. The molecule has 0 aliphatic rings. The number of phosphoric acid groups is 2. The van der Waals surface area contributed by atoms with Crippen molar-refractivity contribution in [3.63, 3.8) is 0 Å². The van der Waals surface area contributed by atoms with Crippen LogP contribution in [0.4, 0.5) is 0 Å². The number of carbonyl (C=O) groups is 4. The summed E-state index contributed by atoms with van der Waals surface area (Å²) >= 11 is 0. The Bertz CT molecular complexity index is 1790. The highest BCUT2D eigenvalue weighted by Gasteiger charge is 2.30. The van der Waals surface area contributed by atoms with Crippen molar-refractivity contribution in [3.05, 3.63) is 0 Å². The molecular weight excluding hydrogens is 1210 g/mol. The van der Waals surface area contributed by atoms with Gasteiger partial charge < -0.3 is 33.8 Å². The van der Waals surface area contributed by atoms with E-state index in [0.717, 1.165) is 108 Å². The van der Waals surface area contributed by atoms with Crippen LogP contribution in [0.3, 0.4) is 0 Å². The number of carbonyl (C=O) groups excluding carboxylic acids is 4. The number of unbranched alkanes of at least 4 members (excludes halogenated alkanes) is 40. The SMILES string of the molecule is CCCCCCCCCCCCCCCCC(=O)OC[C@H](COP(=O)(O)OC[C@@H](O)COP(=O)(O)OC[C@@H](COC(=O)CCCCCCCCC(C)CC)OC(=O)CCCCCCCCCCCCCCCC)OC(=O)CCCCCCCCCCCCC(C)CC. The molecule has 0 heterocycles. The quantitative estimate of drug-likeness (QED) is 0.0222. The summed E-state index contributed by atoms with van der Waals surface area (Å²) in [7, 11) is -9.91. The molecule has 0 spiro atoms. The minimum Gasteiger partial charge on any atom is -0.462 e. The molecule has 92 heavy (non-hydrogen) atoms. The molecular formula is C73H142O17P2. The maximum absolute atomic E-state index is 13.1. The summed E-state index contributed by atoms with van der Waals surface area (Å²) in [5.41, 5.74) is 0. The Labute approximate surface area is 562 Å². The fourth-order valence-corrected chi connectivity index (χ4v) is 12.6. The summed E-state index contributed by atoms with van der Waals surface area (Å²) in [5, 5.41) is 10.6. The first-order chi connectivity index (χ1) is 44.4. The second-order valence-corrected chi connectivity index (χ2v) is 29.7. The van der Waals surface area contributed by atoms with Crippen molar-refractivity contribution >= 4 is 39.5 Å². The van der Waals surface area contributed by atoms with Gasteiger partial charge >= 0.3 is 39.5 Å². The van der Waals surface area contributed by atoms with E-state index in [2.05, 4.69) is 41.5 Å². The van der Waals surface area contributed by atoms with E-state index in [1.54, 1.807) is 0 Å². The highest BCUT2D eigenvalue weighted by atomic mass is 31.2. The van der Waals surface area contributed by atoms with E-state index in [1.807, 2.05) is 0 Å². The van der Waals surface area contributed by atoms with Gasteiger partial charge in [-0.2, -0.15) is 0 Å². The largest absolute Gasteiger partial charge is 0.472 e. The van der Waals surface area contributed by atoms with Gasteiger partial charge in [0.15, 0.2) is 12.2 Å². The van der Waals surface area contributed by atoms with Gasteiger partial charge in [-0.05, 0) is 37.5 Å². The number of aliphatic hydroxyl groups is 1. The minimum absolute atomic E-state index is 0.107. The highest BCUT2D eigenvalue weighted by Crippen LogP contribution is 2.45. The molecule has 0 bridgehead atoms. The molecule has 546 valence electrons. The van der Waals surface area contributed by atoms with E-state index < -0.39 is 97.5 Å². The summed E-state index contributed by atoms with van der Waals surface area (Å²) in [5.74, 6) is -0.585. The lowest BCUT2D eigenvalue weighted by atomic mass is 9.99. The monoisotopic (exact) mass is 1350 g/mol. The number of hydrogen-bond acceptors (Lipinski definition) is 15. The molecule has 0 aliphatic carbocycles. The Morgan fingerprint density at radius 2 is 0.522 bits per heavy atom. The van der Waals surface area contributed by atoms with E-state index in [0.29, 0.717) is 25.7 Å². The topological polar surface area (TPSA) is 237 Å². The fraction of sp³-hybridized carbons (Fsp3) is 0.945. The molecule has 0 aromatic rings. The summed E-state index contributed by atoms with van der Waals surface area (Å²) in [6, 6.07) is 0. The minimum atomic E-state index is -4.95. The lowest BCUT2D eigenvalue weighted by molar-refractivity contribution is -0.161. The van der Waals surface area contributed by atoms with Crippen LogP contribution in [-0.4, -0.2) is 96.7 Å². The fourth-order valence-electron chi connectivity index (χ4n) is 11.1. The smallest absolute Gasteiger partial charge is 0.462 e. The number of aliphatic hydroxyl groups excluding tert-OH is 1. The van der Waals surface area contributed by atoms with Gasteiger partial charge in [-0.1, -0.05) is 324 Å². The van der Waals surface area contributed by atoms with Gasteiger partial charge in [0.05, 0.1) is 26.4 Å². The van der Waals surface area contributed by atoms with Crippen LogP contribution < -0.4 is 0 Å². The zero-order valence-electron chi connectivity index (χ0n) is 59.9. The molecule has 19 heteroatoms. The molecule has 0 aromatic heterocycles. The van der Waals surface area contributed by atoms with Crippen LogP contribution >= 0.6 is 15.6 Å². The molecule has 4 unspecified atom stereocenters. The number of rotatable bonds is 72. The third-order valence-electron chi connectivity index (χ3n) is 17.7. The van der Waals surface area contributed by atoms with Gasteiger partial charge in [-0.3, -0.25) is 37.3 Å². The Balaban J connectivity index is 5.26. The number of esters is 4. The van der Waals surface area contributed by atoms with Crippen molar-refractivity contribution in [2.45, 2.75) is 394 Å². The molecule has 0 aromatic carbocycles. The van der Waals surface area contributed by atoms with Crippen LogP contribution in [0, 0.1) is 11.8 Å². The van der Waals surface area contributed by atoms with Crippen LogP contribution in [0.5, 0.6) is 0 Å². The van der Waals surface area contributed by atoms with Gasteiger partial charge in [0, 0.05) is 25.7 Å². The zero-order valence-corrected chi connectivity index (χ0v) is 61.6. The predicted octanol–water partition coefficient (Wildman–Crippen LogP) is 21.2. The molecule has 0 rings (SSSR count). The second-order valence-electron chi connectivity index (χ2n) is 26.8. The maximum Gasteiger partial charge on any atom is 0.472 e. The van der Waals surface area contributed by atoms with Gasteiger partial charge in [-0.15, -0.1) is 0 Å². The Kier molecular flexibility index (Phi) is 63.7. The first kappa shape index (κ1) is 90.1. The van der Waals surface area contributed by atoms with Crippen LogP contribution in [0.1, 0.15) is 375 Å². The lowest BCUT2D eigenvalue weighted by Crippen LogP contribution is -2.30. The average molecular weight is 1350 g/mol. The van der Waals surface area contributed by atoms with E-state index >= 15 is 0 Å². The summed E-state index contributed by atoms with van der Waals surface area (Å²) < 4.78 is 68.4. The van der Waals surface area contributed by atoms with Crippen molar-refractivity contribution in [1.29, 1.82) is 0 Å². The third kappa shape index (κ3) is 64.1. The summed E-state index contributed by atoms with van der Waals surface area (Å²) in [6.45, 7) is 9.57. The highest BCUT2D eigenvalue weighted by molar-refractivity contribution is 7.47. The second kappa shape index (κ2) is 65.0. The van der Waals surface area contributed by atoms with Crippen LogP contribution in [0.2, 0.25) is 0 Å². The van der Waals surface area contributed by atoms with Gasteiger partial charge in [0.2, 0.25) is 0 Å². The lowest BCUT2D eigenvalue weighted by Gasteiger charge is -2.21. The van der Waals surface area contributed by atoms with Crippen molar-refractivity contribution in [2.24, 2.45) is 11.8 Å². The summed E-state index contributed by atoms with van der Waals surface area (Å²) in [4.78, 5) is 72.7. The first-order valence-corrected chi connectivity index (χ1v) is 41.1. The molecule has 0 saturated carbocycles. The Morgan fingerprint density at radius 1 is 0.304 bits per heavy atom. The van der Waals surface area contributed by atoms with Gasteiger partial charge in [-0.25, -0.2) is 9.13 Å². The molecule has 0 saturated heterocycles. The van der Waals surface area contributed by atoms with Gasteiger partial charge in [0.1, 0.15) is 19.3 Å². The average Bonchev–Trinajstić information content (AvgIpc) is 3.41. The maximum atomic E-state index is 13.1. The van der Waals surface area contributed by atoms with Crippen molar-refractivity contribution < 1.29 is 80.2 Å². The molecule has 0 radical (unpaired) electrons. The zero-order chi connectivity index (χ0) is 67.9. The van der Waals surface area contributed by atoms with E-state index in [1.165, 1.54) is 186 Å². The van der Waals surface area contributed by atoms with Crippen molar-refractivity contribution in [1.82, 2.24) is 0 Å². The predicted molar refractivity (Wildman–Crippen MR) is 372 cm³/mol. The standard InChI is InChI=1S/C73H142O17P2/c1-7-11-13-15-17-19-21-23-25-27-32-36-43-49-55-70(75)83-61-68(89-73(78)58-52-46-38-34-30-29-31-35-41-47-53-65(5)9-3)63-87-91(79,80)85-59-67(74)60-86-92(81,82)88-64-69(62-84-71(76)56-50-44-40-39-42-48-54-66(6)10-4)90-72(77)57-51-45-37-33-28-26-24-22-20-18-16-14-12-8-2/h65-69,74H,7-64H2,1-6H3,(H,79,80)(H,81,82)/t65?,66?,67-,68-,69-/m1/s1. The molecule has 3 N–H and O–H groups in total. The Hall–Kier alpha value is -1.94. The van der Waals surface area contributed by atoms with Crippen LogP contribution in [-0.2, 0) is 65.4 Å². The van der Waals surface area contributed by atoms with E-state index in [-0.39, 0.29) is 25.7 Å².